The lowest BCUT2D eigenvalue weighted by molar-refractivity contribution is -0.883. The Morgan fingerprint density at radius 3 is 2.25 bits per heavy atom. The van der Waals surface area contributed by atoms with E-state index in [9.17, 15) is 0 Å². The molecule has 0 amide bonds. The van der Waals surface area contributed by atoms with E-state index >= 15 is 0 Å². The van der Waals surface area contributed by atoms with Gasteiger partial charge in [-0.05, 0) is 20.3 Å². The standard InChI is InChI=1S/C10H23N2/c1-6-7-11-9-12(4,5)8-10(11,2)3/h6-9H2,1-5H3/q+1. The number of hydrogen-bond donors (Lipinski definition) is 0. The Balaban J connectivity index is 2.64. The summed E-state index contributed by atoms with van der Waals surface area (Å²) in [6.07, 6.45) is 1.27. The summed E-state index contributed by atoms with van der Waals surface area (Å²) in [4.78, 5) is 2.60. The van der Waals surface area contributed by atoms with E-state index in [2.05, 4.69) is 39.8 Å². The van der Waals surface area contributed by atoms with Crippen LogP contribution in [0.2, 0.25) is 0 Å². The second kappa shape index (κ2) is 3.00. The van der Waals surface area contributed by atoms with Crippen molar-refractivity contribution in [2.75, 3.05) is 33.9 Å². The van der Waals surface area contributed by atoms with E-state index < -0.39 is 0 Å². The van der Waals surface area contributed by atoms with Crippen LogP contribution < -0.4 is 0 Å². The van der Waals surface area contributed by atoms with Crippen molar-refractivity contribution in [1.82, 2.24) is 4.90 Å². The lowest BCUT2D eigenvalue weighted by Crippen LogP contribution is -2.40. The number of quaternary nitrogens is 1. The molecule has 0 bridgehead atoms. The van der Waals surface area contributed by atoms with E-state index in [0.717, 1.165) is 4.48 Å². The highest BCUT2D eigenvalue weighted by Crippen LogP contribution is 2.26. The highest BCUT2D eigenvalue weighted by atomic mass is 15.5. The highest BCUT2D eigenvalue weighted by molar-refractivity contribution is 4.83. The van der Waals surface area contributed by atoms with Gasteiger partial charge in [-0.25, -0.2) is 4.90 Å². The summed E-state index contributed by atoms with van der Waals surface area (Å²) in [6.45, 7) is 10.7. The molecule has 2 heteroatoms. The summed E-state index contributed by atoms with van der Waals surface area (Å²) < 4.78 is 1.15. The van der Waals surface area contributed by atoms with Gasteiger partial charge in [0.25, 0.3) is 0 Å². The average molecular weight is 171 g/mol. The molecule has 1 fully saturated rings. The van der Waals surface area contributed by atoms with Gasteiger partial charge in [0, 0.05) is 6.54 Å². The minimum absolute atomic E-state index is 0.402. The van der Waals surface area contributed by atoms with Crippen LogP contribution in [0.1, 0.15) is 27.2 Å². The Morgan fingerprint density at radius 1 is 1.33 bits per heavy atom. The lowest BCUT2D eigenvalue weighted by atomic mass is 10.1. The van der Waals surface area contributed by atoms with Gasteiger partial charge in [0.1, 0.15) is 6.67 Å². The number of likely N-dealkylation sites (N-methyl/N-ethyl adjacent to an activating group) is 1. The average Bonchev–Trinajstić information content (AvgIpc) is 2.01. The SMILES string of the molecule is CCCN1C[N+](C)(C)CC1(C)C. The minimum atomic E-state index is 0.402. The Hall–Kier alpha value is -0.0800. The van der Waals surface area contributed by atoms with Gasteiger partial charge in [0.15, 0.2) is 0 Å². The van der Waals surface area contributed by atoms with Gasteiger partial charge in [-0.2, -0.15) is 0 Å². The van der Waals surface area contributed by atoms with Gasteiger partial charge in [-0.15, -0.1) is 0 Å². The molecule has 1 saturated heterocycles. The van der Waals surface area contributed by atoms with Crippen LogP contribution in [0.3, 0.4) is 0 Å². The van der Waals surface area contributed by atoms with Crippen LogP contribution in [0.4, 0.5) is 0 Å². The summed E-state index contributed by atoms with van der Waals surface area (Å²) in [6, 6.07) is 0. The van der Waals surface area contributed by atoms with Crippen LogP contribution in [0, 0.1) is 0 Å². The van der Waals surface area contributed by atoms with Crippen LogP contribution in [0.25, 0.3) is 0 Å². The molecule has 0 N–H and O–H groups in total. The molecule has 0 atom stereocenters. The van der Waals surface area contributed by atoms with Crippen molar-refractivity contribution in [1.29, 1.82) is 0 Å². The van der Waals surface area contributed by atoms with Crippen LogP contribution in [-0.2, 0) is 0 Å². The molecule has 0 saturated carbocycles. The van der Waals surface area contributed by atoms with Crippen LogP contribution in [0.5, 0.6) is 0 Å². The van der Waals surface area contributed by atoms with Gasteiger partial charge >= 0.3 is 0 Å². The molecule has 0 aromatic carbocycles. The van der Waals surface area contributed by atoms with E-state index in [1.54, 1.807) is 0 Å². The predicted molar refractivity (Wildman–Crippen MR) is 52.9 cm³/mol. The third-order valence-corrected chi connectivity index (χ3v) is 2.72. The fourth-order valence-corrected chi connectivity index (χ4v) is 2.49. The lowest BCUT2D eigenvalue weighted by Gasteiger charge is -2.26. The minimum Gasteiger partial charge on any atom is -0.314 e. The van der Waals surface area contributed by atoms with E-state index in [0.29, 0.717) is 5.54 Å². The molecular formula is C10H23N2+. The van der Waals surface area contributed by atoms with Crippen molar-refractivity contribution >= 4 is 0 Å². The number of hydrogen-bond acceptors (Lipinski definition) is 1. The molecule has 72 valence electrons. The van der Waals surface area contributed by atoms with Crippen LogP contribution in [-0.4, -0.2) is 48.8 Å². The molecule has 1 rings (SSSR count). The van der Waals surface area contributed by atoms with Crippen LogP contribution >= 0.6 is 0 Å². The summed E-state index contributed by atoms with van der Waals surface area (Å²) in [5.41, 5.74) is 0.402. The first-order chi connectivity index (χ1) is 5.37. The molecule has 0 unspecified atom stereocenters. The Morgan fingerprint density at radius 2 is 1.92 bits per heavy atom. The fourth-order valence-electron chi connectivity index (χ4n) is 2.49. The molecule has 0 spiro atoms. The maximum atomic E-state index is 2.60. The zero-order chi connectivity index (χ0) is 9.41. The van der Waals surface area contributed by atoms with Crippen molar-refractivity contribution in [3.63, 3.8) is 0 Å². The molecule has 1 aliphatic heterocycles. The van der Waals surface area contributed by atoms with E-state index in [1.807, 2.05) is 0 Å². The molecule has 0 aliphatic carbocycles. The maximum absolute atomic E-state index is 2.60. The van der Waals surface area contributed by atoms with Crippen molar-refractivity contribution in [3.05, 3.63) is 0 Å². The molecule has 2 nitrogen and oxygen atoms in total. The first-order valence-electron chi connectivity index (χ1n) is 4.94. The summed E-state index contributed by atoms with van der Waals surface area (Å²) in [5, 5.41) is 0. The van der Waals surface area contributed by atoms with Crippen molar-refractivity contribution in [2.24, 2.45) is 0 Å². The van der Waals surface area contributed by atoms with Crippen molar-refractivity contribution < 1.29 is 4.48 Å². The molecule has 1 heterocycles. The molecular weight excluding hydrogens is 148 g/mol. The monoisotopic (exact) mass is 171 g/mol. The first-order valence-corrected chi connectivity index (χ1v) is 4.94. The molecule has 0 aromatic rings. The normalized spacial score (nSPS) is 27.8. The molecule has 12 heavy (non-hydrogen) atoms. The number of nitrogens with zero attached hydrogens (tertiary/aromatic N) is 2. The second-order valence-corrected chi connectivity index (χ2v) is 5.31. The van der Waals surface area contributed by atoms with Gasteiger partial charge in [-0.1, -0.05) is 6.92 Å². The second-order valence-electron chi connectivity index (χ2n) is 5.31. The van der Waals surface area contributed by atoms with Crippen molar-refractivity contribution in [3.8, 4) is 0 Å². The van der Waals surface area contributed by atoms with E-state index in [1.165, 1.54) is 26.2 Å². The molecule has 0 radical (unpaired) electrons. The summed E-state index contributed by atoms with van der Waals surface area (Å²) in [5.74, 6) is 0. The van der Waals surface area contributed by atoms with Gasteiger partial charge in [-0.3, -0.25) is 0 Å². The fraction of sp³-hybridized carbons (Fsp3) is 1.00. The molecule has 1 aliphatic rings. The highest BCUT2D eigenvalue weighted by Gasteiger charge is 2.43. The van der Waals surface area contributed by atoms with Gasteiger partial charge < -0.3 is 4.48 Å². The van der Waals surface area contributed by atoms with E-state index in [4.69, 9.17) is 0 Å². The summed E-state index contributed by atoms with van der Waals surface area (Å²) in [7, 11) is 4.63. The van der Waals surface area contributed by atoms with Crippen LogP contribution in [0.15, 0.2) is 0 Å². The first kappa shape index (κ1) is 10.0. The maximum Gasteiger partial charge on any atom is 0.135 e. The van der Waals surface area contributed by atoms with Gasteiger partial charge in [0.2, 0.25) is 0 Å². The van der Waals surface area contributed by atoms with Crippen molar-refractivity contribution in [2.45, 2.75) is 32.7 Å². The van der Waals surface area contributed by atoms with Gasteiger partial charge in [0.05, 0.1) is 26.2 Å². The zero-order valence-corrected chi connectivity index (χ0v) is 9.22. The number of rotatable bonds is 2. The van der Waals surface area contributed by atoms with E-state index in [-0.39, 0.29) is 0 Å². The Bertz CT molecular complexity index is 161. The Labute approximate surface area is 76.7 Å². The quantitative estimate of drug-likeness (QED) is 0.569. The predicted octanol–water partition coefficient (Wildman–Crippen LogP) is 1.52. The summed E-state index contributed by atoms with van der Waals surface area (Å²) >= 11 is 0. The molecule has 0 aromatic heterocycles. The largest absolute Gasteiger partial charge is 0.314 e. The third-order valence-electron chi connectivity index (χ3n) is 2.72. The topological polar surface area (TPSA) is 3.24 Å². The zero-order valence-electron chi connectivity index (χ0n) is 9.22. The third kappa shape index (κ3) is 1.99. The smallest absolute Gasteiger partial charge is 0.135 e. The Kier molecular flexibility index (Phi) is 2.50.